The summed E-state index contributed by atoms with van der Waals surface area (Å²) in [6.45, 7) is 2.28. The van der Waals surface area contributed by atoms with E-state index in [1.165, 1.54) is 27.8 Å². The molecular formula is C26H29NO2. The van der Waals surface area contributed by atoms with Crippen molar-refractivity contribution in [3.05, 3.63) is 95.1 Å². The number of allylic oxidation sites excluding steroid dienone is 4. The number of aliphatic hydroxyl groups is 2. The fourth-order valence-electron chi connectivity index (χ4n) is 4.06. The van der Waals surface area contributed by atoms with Crippen LogP contribution in [0.15, 0.2) is 78.4 Å². The van der Waals surface area contributed by atoms with Gasteiger partial charge in [-0.2, -0.15) is 0 Å². The lowest BCUT2D eigenvalue weighted by molar-refractivity contribution is 0.225. The van der Waals surface area contributed by atoms with Crippen molar-refractivity contribution < 1.29 is 10.2 Å². The standard InChI is InChI=1S/C26H29NO2/c28-16-4-7-25(20-5-2-1-3-6-20)26(22-12-14-24(29)15-13-22)21-10-8-19(9-11-21)23-17-27-18-23/h1-3,5-6,8-14,23-24,27-29H,4,7,15-18H2/b26-25+. The van der Waals surface area contributed by atoms with Crippen LogP contribution < -0.4 is 5.32 Å². The molecule has 1 fully saturated rings. The molecule has 1 aliphatic carbocycles. The SMILES string of the molecule is OCCC/C(=C(\C1=CCC(O)C=C1)c1ccc(C2CNC2)cc1)c1ccccc1. The maximum atomic E-state index is 9.92. The summed E-state index contributed by atoms with van der Waals surface area (Å²) in [5, 5.41) is 22.8. The van der Waals surface area contributed by atoms with E-state index in [2.05, 4.69) is 59.9 Å². The van der Waals surface area contributed by atoms with Crippen molar-refractivity contribution in [1.29, 1.82) is 0 Å². The fourth-order valence-corrected chi connectivity index (χ4v) is 4.06. The van der Waals surface area contributed by atoms with Crippen LogP contribution in [0.2, 0.25) is 0 Å². The summed E-state index contributed by atoms with van der Waals surface area (Å²) in [5.74, 6) is 0.614. The van der Waals surface area contributed by atoms with Crippen molar-refractivity contribution in [3.63, 3.8) is 0 Å². The molecule has 0 aromatic heterocycles. The third-order valence-electron chi connectivity index (χ3n) is 5.83. The molecular weight excluding hydrogens is 358 g/mol. The molecule has 1 heterocycles. The van der Waals surface area contributed by atoms with Gasteiger partial charge in [0, 0.05) is 25.6 Å². The molecule has 3 heteroatoms. The molecule has 2 aromatic carbocycles. The Morgan fingerprint density at radius 3 is 2.31 bits per heavy atom. The van der Waals surface area contributed by atoms with Gasteiger partial charge in [-0.25, -0.2) is 0 Å². The summed E-state index contributed by atoms with van der Waals surface area (Å²) < 4.78 is 0. The van der Waals surface area contributed by atoms with E-state index in [0.29, 0.717) is 12.3 Å². The van der Waals surface area contributed by atoms with Crippen LogP contribution in [0.1, 0.15) is 41.9 Å². The van der Waals surface area contributed by atoms with Crippen LogP contribution in [0.5, 0.6) is 0 Å². The number of nitrogens with one attached hydrogen (secondary N) is 1. The molecule has 1 unspecified atom stereocenters. The van der Waals surface area contributed by atoms with Crippen molar-refractivity contribution in [2.24, 2.45) is 0 Å². The number of rotatable bonds is 7. The zero-order chi connectivity index (χ0) is 20.1. The Morgan fingerprint density at radius 1 is 0.966 bits per heavy atom. The highest BCUT2D eigenvalue weighted by Crippen LogP contribution is 2.37. The Balaban J connectivity index is 1.81. The van der Waals surface area contributed by atoms with Gasteiger partial charge in [-0.05, 0) is 52.7 Å². The predicted octanol–water partition coefficient (Wildman–Crippen LogP) is 4.30. The third-order valence-corrected chi connectivity index (χ3v) is 5.83. The Hall–Kier alpha value is -2.46. The number of hydrogen-bond donors (Lipinski definition) is 3. The summed E-state index contributed by atoms with van der Waals surface area (Å²) in [7, 11) is 0. The van der Waals surface area contributed by atoms with Gasteiger partial charge in [-0.15, -0.1) is 0 Å². The topological polar surface area (TPSA) is 52.5 Å². The molecule has 29 heavy (non-hydrogen) atoms. The second-order valence-corrected chi connectivity index (χ2v) is 7.85. The Morgan fingerprint density at radius 2 is 1.72 bits per heavy atom. The molecule has 0 saturated carbocycles. The highest BCUT2D eigenvalue weighted by atomic mass is 16.3. The molecule has 2 aliphatic rings. The molecule has 3 nitrogen and oxygen atoms in total. The normalized spacial score (nSPS) is 20.1. The highest BCUT2D eigenvalue weighted by Gasteiger charge is 2.20. The fraction of sp³-hybridized carbons (Fsp3) is 0.308. The van der Waals surface area contributed by atoms with Gasteiger partial charge in [0.1, 0.15) is 0 Å². The minimum Gasteiger partial charge on any atom is -0.396 e. The number of aliphatic hydroxyl groups excluding tert-OH is 2. The first-order valence-electron chi connectivity index (χ1n) is 10.5. The lowest BCUT2D eigenvalue weighted by Crippen LogP contribution is -2.39. The predicted molar refractivity (Wildman–Crippen MR) is 119 cm³/mol. The first-order valence-corrected chi connectivity index (χ1v) is 10.5. The zero-order valence-corrected chi connectivity index (χ0v) is 16.7. The number of hydrogen-bond acceptors (Lipinski definition) is 3. The van der Waals surface area contributed by atoms with Crippen LogP contribution >= 0.6 is 0 Å². The molecule has 150 valence electrons. The molecule has 0 amide bonds. The monoisotopic (exact) mass is 387 g/mol. The van der Waals surface area contributed by atoms with Gasteiger partial charge in [-0.1, -0.05) is 72.8 Å². The maximum Gasteiger partial charge on any atom is 0.0758 e. The van der Waals surface area contributed by atoms with Crippen LogP contribution in [0.3, 0.4) is 0 Å². The van der Waals surface area contributed by atoms with Crippen LogP contribution in [0.4, 0.5) is 0 Å². The minimum absolute atomic E-state index is 0.171. The van der Waals surface area contributed by atoms with E-state index in [0.717, 1.165) is 31.5 Å². The van der Waals surface area contributed by atoms with E-state index in [9.17, 15) is 10.2 Å². The zero-order valence-electron chi connectivity index (χ0n) is 16.7. The van der Waals surface area contributed by atoms with Crippen molar-refractivity contribution in [2.75, 3.05) is 19.7 Å². The Kier molecular flexibility index (Phi) is 6.40. The Labute approximate surface area is 173 Å². The minimum atomic E-state index is -0.411. The van der Waals surface area contributed by atoms with Gasteiger partial charge in [0.15, 0.2) is 0 Å². The Bertz CT molecular complexity index is 905. The van der Waals surface area contributed by atoms with Crippen molar-refractivity contribution in [1.82, 2.24) is 5.32 Å². The van der Waals surface area contributed by atoms with E-state index in [-0.39, 0.29) is 6.61 Å². The van der Waals surface area contributed by atoms with Crippen molar-refractivity contribution in [2.45, 2.75) is 31.3 Å². The number of benzene rings is 2. The molecule has 1 aliphatic heterocycles. The first kappa shape index (κ1) is 19.8. The van der Waals surface area contributed by atoms with Crippen molar-refractivity contribution >= 4 is 11.1 Å². The van der Waals surface area contributed by atoms with Gasteiger partial charge >= 0.3 is 0 Å². The van der Waals surface area contributed by atoms with Crippen LogP contribution in [0.25, 0.3) is 11.1 Å². The average molecular weight is 388 g/mol. The van der Waals surface area contributed by atoms with Crippen molar-refractivity contribution in [3.8, 4) is 0 Å². The van der Waals surface area contributed by atoms with Gasteiger partial charge in [0.05, 0.1) is 6.10 Å². The average Bonchev–Trinajstić information content (AvgIpc) is 2.72. The quantitative estimate of drug-likeness (QED) is 0.621. The first-order chi connectivity index (χ1) is 14.3. The molecule has 1 saturated heterocycles. The molecule has 0 radical (unpaired) electrons. The molecule has 1 atom stereocenters. The van der Waals surface area contributed by atoms with Crippen LogP contribution in [-0.4, -0.2) is 36.0 Å². The molecule has 0 bridgehead atoms. The second kappa shape index (κ2) is 9.36. The summed E-state index contributed by atoms with van der Waals surface area (Å²) in [6.07, 6.45) is 7.78. The van der Waals surface area contributed by atoms with E-state index < -0.39 is 6.10 Å². The lowest BCUT2D eigenvalue weighted by atomic mass is 9.84. The van der Waals surface area contributed by atoms with Gasteiger partial charge in [0.25, 0.3) is 0 Å². The molecule has 3 N–H and O–H groups in total. The van der Waals surface area contributed by atoms with E-state index >= 15 is 0 Å². The van der Waals surface area contributed by atoms with E-state index in [1.54, 1.807) is 0 Å². The van der Waals surface area contributed by atoms with Gasteiger partial charge in [0.2, 0.25) is 0 Å². The van der Waals surface area contributed by atoms with Gasteiger partial charge < -0.3 is 15.5 Å². The smallest absolute Gasteiger partial charge is 0.0758 e. The lowest BCUT2D eigenvalue weighted by Gasteiger charge is -2.28. The summed E-state index contributed by atoms with van der Waals surface area (Å²) in [5.41, 5.74) is 7.34. The summed E-state index contributed by atoms with van der Waals surface area (Å²) in [6, 6.07) is 19.4. The second-order valence-electron chi connectivity index (χ2n) is 7.85. The third kappa shape index (κ3) is 4.59. The van der Waals surface area contributed by atoms with Crippen LogP contribution in [0, 0.1) is 0 Å². The van der Waals surface area contributed by atoms with Gasteiger partial charge in [-0.3, -0.25) is 0 Å². The largest absolute Gasteiger partial charge is 0.396 e. The maximum absolute atomic E-state index is 9.92. The molecule has 2 aromatic rings. The van der Waals surface area contributed by atoms with E-state index in [1.807, 2.05) is 18.2 Å². The molecule has 0 spiro atoms. The highest BCUT2D eigenvalue weighted by molar-refractivity contribution is 5.99. The van der Waals surface area contributed by atoms with E-state index in [4.69, 9.17) is 0 Å². The molecule has 4 rings (SSSR count). The summed E-state index contributed by atoms with van der Waals surface area (Å²) >= 11 is 0. The summed E-state index contributed by atoms with van der Waals surface area (Å²) in [4.78, 5) is 0. The van der Waals surface area contributed by atoms with Crippen LogP contribution in [-0.2, 0) is 0 Å².